The summed E-state index contributed by atoms with van der Waals surface area (Å²) in [5.41, 5.74) is 5.61. The van der Waals surface area contributed by atoms with Crippen LogP contribution in [0.4, 0.5) is 0 Å². The van der Waals surface area contributed by atoms with Crippen LogP contribution in [0.5, 0.6) is 5.75 Å². The number of rotatable bonds is 10. The van der Waals surface area contributed by atoms with Gasteiger partial charge in [-0.3, -0.25) is 0 Å². The standard InChI is InChI=1S/C25H36O3/c1-8-13-28-25-22(18(5)6)15-21(17(3)4)16-23(25)20(9-2)12-10-11-19(7)14-24(26)27/h10-12,14-18H,8-9,13H2,1-7H3,(H,26,27)/b11-10+,19-14+,20-12+. The number of allylic oxidation sites excluding steroid dienone is 5. The maximum absolute atomic E-state index is 10.8. The predicted molar refractivity (Wildman–Crippen MR) is 119 cm³/mol. The summed E-state index contributed by atoms with van der Waals surface area (Å²) in [4.78, 5) is 10.8. The second-order valence-electron chi connectivity index (χ2n) is 7.78. The fourth-order valence-electron chi connectivity index (χ4n) is 3.00. The number of carboxylic acids is 1. The lowest BCUT2D eigenvalue weighted by Crippen LogP contribution is -2.06. The van der Waals surface area contributed by atoms with E-state index < -0.39 is 5.97 Å². The van der Waals surface area contributed by atoms with E-state index in [2.05, 4.69) is 59.8 Å². The first-order valence-electron chi connectivity index (χ1n) is 10.3. The average molecular weight is 385 g/mol. The lowest BCUT2D eigenvalue weighted by atomic mass is 9.88. The van der Waals surface area contributed by atoms with Crippen LogP contribution in [0.1, 0.15) is 89.8 Å². The zero-order valence-electron chi connectivity index (χ0n) is 18.5. The SMILES string of the molecule is CCCOc1c(/C(=C/C=C/C(C)=C/C(=O)O)CC)cc(C(C)C)cc1C(C)C. The molecule has 0 bridgehead atoms. The number of benzene rings is 1. The molecule has 0 aliphatic heterocycles. The van der Waals surface area contributed by atoms with Crippen LogP contribution in [0.15, 0.2) is 42.0 Å². The largest absolute Gasteiger partial charge is 0.493 e. The molecule has 3 nitrogen and oxygen atoms in total. The molecule has 1 rings (SSSR count). The number of hydrogen-bond acceptors (Lipinski definition) is 2. The molecule has 154 valence electrons. The van der Waals surface area contributed by atoms with Crippen molar-refractivity contribution in [2.75, 3.05) is 6.61 Å². The Labute approximate surface area is 170 Å². The van der Waals surface area contributed by atoms with Gasteiger partial charge in [-0.1, -0.05) is 65.8 Å². The third-order valence-corrected chi connectivity index (χ3v) is 4.61. The highest BCUT2D eigenvalue weighted by atomic mass is 16.5. The molecule has 1 N–H and O–H groups in total. The Hall–Kier alpha value is -2.29. The minimum absolute atomic E-state index is 0.374. The van der Waals surface area contributed by atoms with Gasteiger partial charge in [0.05, 0.1) is 6.61 Å². The second-order valence-corrected chi connectivity index (χ2v) is 7.78. The van der Waals surface area contributed by atoms with Gasteiger partial charge in [0.1, 0.15) is 5.75 Å². The summed E-state index contributed by atoms with van der Waals surface area (Å²) < 4.78 is 6.22. The van der Waals surface area contributed by atoms with E-state index in [1.165, 1.54) is 22.8 Å². The minimum atomic E-state index is -0.927. The Morgan fingerprint density at radius 3 is 2.32 bits per heavy atom. The number of hydrogen-bond donors (Lipinski definition) is 1. The van der Waals surface area contributed by atoms with Crippen molar-refractivity contribution >= 4 is 11.5 Å². The van der Waals surface area contributed by atoms with Gasteiger partial charge in [0.15, 0.2) is 0 Å². The molecule has 0 fully saturated rings. The van der Waals surface area contributed by atoms with Gasteiger partial charge in [-0.25, -0.2) is 4.79 Å². The van der Waals surface area contributed by atoms with Crippen LogP contribution in [-0.2, 0) is 4.79 Å². The predicted octanol–water partition coefficient (Wildman–Crippen LogP) is 7.10. The van der Waals surface area contributed by atoms with Gasteiger partial charge in [-0.2, -0.15) is 0 Å². The number of carbonyl (C=O) groups is 1. The summed E-state index contributed by atoms with van der Waals surface area (Å²) in [6.45, 7) is 15.6. The van der Waals surface area contributed by atoms with Crippen molar-refractivity contribution < 1.29 is 14.6 Å². The minimum Gasteiger partial charge on any atom is -0.493 e. The summed E-state index contributed by atoms with van der Waals surface area (Å²) in [6, 6.07) is 4.54. The Bertz CT molecular complexity index is 749. The molecule has 0 radical (unpaired) electrons. The molecule has 0 amide bonds. The van der Waals surface area contributed by atoms with E-state index in [4.69, 9.17) is 9.84 Å². The molecule has 0 aromatic heterocycles. The number of aliphatic carboxylic acids is 1. The molecule has 0 saturated carbocycles. The van der Waals surface area contributed by atoms with Crippen LogP contribution in [0.25, 0.3) is 5.57 Å². The van der Waals surface area contributed by atoms with Crippen molar-refractivity contribution in [1.82, 2.24) is 0 Å². The lowest BCUT2D eigenvalue weighted by Gasteiger charge is -2.22. The zero-order valence-corrected chi connectivity index (χ0v) is 18.5. The van der Waals surface area contributed by atoms with Crippen molar-refractivity contribution in [3.05, 3.63) is 58.7 Å². The molecule has 0 saturated heterocycles. The van der Waals surface area contributed by atoms with E-state index in [9.17, 15) is 4.79 Å². The van der Waals surface area contributed by atoms with Crippen LogP contribution >= 0.6 is 0 Å². The Morgan fingerprint density at radius 1 is 1.14 bits per heavy atom. The zero-order chi connectivity index (χ0) is 21.3. The van der Waals surface area contributed by atoms with E-state index >= 15 is 0 Å². The summed E-state index contributed by atoms with van der Waals surface area (Å²) >= 11 is 0. The van der Waals surface area contributed by atoms with E-state index in [-0.39, 0.29) is 0 Å². The Balaban J connectivity index is 3.52. The average Bonchev–Trinajstić information content (AvgIpc) is 2.62. The normalized spacial score (nSPS) is 13.0. The van der Waals surface area contributed by atoms with Crippen LogP contribution in [0.3, 0.4) is 0 Å². The third-order valence-electron chi connectivity index (χ3n) is 4.61. The Morgan fingerprint density at radius 2 is 1.82 bits per heavy atom. The molecule has 0 atom stereocenters. The molecule has 0 spiro atoms. The molecule has 1 aromatic rings. The highest BCUT2D eigenvalue weighted by Gasteiger charge is 2.18. The first-order valence-corrected chi connectivity index (χ1v) is 10.3. The third kappa shape index (κ3) is 7.03. The first-order chi connectivity index (χ1) is 13.2. The van der Waals surface area contributed by atoms with Crippen molar-refractivity contribution in [2.45, 2.75) is 73.1 Å². The molecule has 0 aliphatic rings. The monoisotopic (exact) mass is 384 g/mol. The molecular weight excluding hydrogens is 348 g/mol. The van der Waals surface area contributed by atoms with E-state index in [0.29, 0.717) is 24.0 Å². The van der Waals surface area contributed by atoms with Gasteiger partial charge < -0.3 is 9.84 Å². The summed E-state index contributed by atoms with van der Waals surface area (Å²) in [5.74, 6) is 0.869. The molecule has 0 unspecified atom stereocenters. The molecule has 0 aliphatic carbocycles. The van der Waals surface area contributed by atoms with E-state index in [0.717, 1.165) is 24.2 Å². The Kier molecular flexibility index (Phi) is 9.78. The highest BCUT2D eigenvalue weighted by molar-refractivity contribution is 5.81. The number of carboxylic acid groups (broad SMARTS) is 1. The van der Waals surface area contributed by atoms with Crippen molar-refractivity contribution in [1.29, 1.82) is 0 Å². The molecule has 3 heteroatoms. The van der Waals surface area contributed by atoms with Gasteiger partial charge in [0.2, 0.25) is 0 Å². The maximum Gasteiger partial charge on any atom is 0.328 e. The van der Waals surface area contributed by atoms with Crippen LogP contribution in [-0.4, -0.2) is 17.7 Å². The van der Waals surface area contributed by atoms with E-state index in [1.54, 1.807) is 6.92 Å². The summed E-state index contributed by atoms with van der Waals surface area (Å²) in [7, 11) is 0. The first kappa shape index (κ1) is 23.7. The van der Waals surface area contributed by atoms with Crippen LogP contribution in [0, 0.1) is 0 Å². The molecule has 0 heterocycles. The van der Waals surface area contributed by atoms with Crippen LogP contribution in [0.2, 0.25) is 0 Å². The fraction of sp³-hybridized carbons (Fsp3) is 0.480. The molecule has 28 heavy (non-hydrogen) atoms. The quantitative estimate of drug-likeness (QED) is 0.345. The van der Waals surface area contributed by atoms with Crippen molar-refractivity contribution in [3.63, 3.8) is 0 Å². The van der Waals surface area contributed by atoms with Gasteiger partial charge in [0, 0.05) is 11.6 Å². The maximum atomic E-state index is 10.8. The summed E-state index contributed by atoms with van der Waals surface area (Å²) in [6.07, 6.45) is 8.87. The van der Waals surface area contributed by atoms with Crippen molar-refractivity contribution in [3.8, 4) is 5.75 Å². The smallest absolute Gasteiger partial charge is 0.328 e. The van der Waals surface area contributed by atoms with Gasteiger partial charge >= 0.3 is 5.97 Å². The number of ether oxygens (including phenoxy) is 1. The van der Waals surface area contributed by atoms with Crippen LogP contribution < -0.4 is 4.74 Å². The fourth-order valence-corrected chi connectivity index (χ4v) is 3.00. The topological polar surface area (TPSA) is 46.5 Å². The second kappa shape index (κ2) is 11.5. The van der Waals surface area contributed by atoms with Gasteiger partial charge in [0.25, 0.3) is 0 Å². The lowest BCUT2D eigenvalue weighted by molar-refractivity contribution is -0.131. The van der Waals surface area contributed by atoms with E-state index in [1.807, 2.05) is 12.2 Å². The van der Waals surface area contributed by atoms with Gasteiger partial charge in [-0.15, -0.1) is 0 Å². The molecule has 1 aromatic carbocycles. The highest BCUT2D eigenvalue weighted by Crippen LogP contribution is 2.38. The van der Waals surface area contributed by atoms with Crippen molar-refractivity contribution in [2.24, 2.45) is 0 Å². The summed E-state index contributed by atoms with van der Waals surface area (Å²) in [5, 5.41) is 8.86. The van der Waals surface area contributed by atoms with Gasteiger partial charge in [-0.05, 0) is 59.9 Å². The molecular formula is C25H36O3.